The molecule has 1 N–H and O–H groups in total. The summed E-state index contributed by atoms with van der Waals surface area (Å²) in [6.07, 6.45) is 5.01. The fourth-order valence-corrected chi connectivity index (χ4v) is 3.45. The highest BCUT2D eigenvalue weighted by atomic mass is 16.1. The molecule has 138 valence electrons. The predicted octanol–water partition coefficient (Wildman–Crippen LogP) is 4.28. The van der Waals surface area contributed by atoms with Crippen molar-refractivity contribution in [3.63, 3.8) is 0 Å². The van der Waals surface area contributed by atoms with Crippen LogP contribution >= 0.6 is 0 Å². The second kappa shape index (κ2) is 7.27. The Labute approximate surface area is 159 Å². The molecule has 0 aliphatic carbocycles. The van der Waals surface area contributed by atoms with Crippen molar-refractivity contribution in [1.82, 2.24) is 9.78 Å². The molecule has 1 aliphatic rings. The van der Waals surface area contributed by atoms with Crippen LogP contribution in [0.15, 0.2) is 60.9 Å². The Hall–Kier alpha value is -3.08. The molecule has 1 unspecified atom stereocenters. The molecule has 2 aromatic carbocycles. The van der Waals surface area contributed by atoms with Gasteiger partial charge >= 0.3 is 0 Å². The maximum atomic E-state index is 12.5. The molecule has 5 heteroatoms. The van der Waals surface area contributed by atoms with Gasteiger partial charge < -0.3 is 10.2 Å². The number of aryl methyl sites for hydroxylation is 1. The molecule has 1 atom stereocenters. The van der Waals surface area contributed by atoms with Crippen LogP contribution in [-0.4, -0.2) is 28.8 Å². The van der Waals surface area contributed by atoms with Gasteiger partial charge in [0, 0.05) is 36.2 Å². The van der Waals surface area contributed by atoms with Crippen molar-refractivity contribution in [2.75, 3.05) is 23.3 Å². The largest absolute Gasteiger partial charge is 0.371 e. The van der Waals surface area contributed by atoms with E-state index in [0.29, 0.717) is 5.56 Å². The minimum atomic E-state index is -0.110. The lowest BCUT2D eigenvalue weighted by atomic mass is 10.2. The highest BCUT2D eigenvalue weighted by Crippen LogP contribution is 2.25. The normalized spacial score (nSPS) is 16.5. The quantitative estimate of drug-likeness (QED) is 0.755. The zero-order valence-corrected chi connectivity index (χ0v) is 15.7. The van der Waals surface area contributed by atoms with E-state index in [0.717, 1.165) is 35.9 Å². The lowest BCUT2D eigenvalue weighted by Gasteiger charge is -2.18. The summed E-state index contributed by atoms with van der Waals surface area (Å²) >= 11 is 0. The molecule has 1 fully saturated rings. The third kappa shape index (κ3) is 3.87. The van der Waals surface area contributed by atoms with Crippen LogP contribution in [0.4, 0.5) is 11.4 Å². The van der Waals surface area contributed by atoms with Crippen molar-refractivity contribution < 1.29 is 4.79 Å². The highest BCUT2D eigenvalue weighted by Gasteiger charge is 2.18. The van der Waals surface area contributed by atoms with Crippen molar-refractivity contribution in [1.29, 1.82) is 0 Å². The Morgan fingerprint density at radius 2 is 1.78 bits per heavy atom. The van der Waals surface area contributed by atoms with Crippen LogP contribution in [0.1, 0.15) is 29.3 Å². The number of nitrogens with zero attached hydrogens (tertiary/aromatic N) is 3. The Morgan fingerprint density at radius 1 is 1.07 bits per heavy atom. The average Bonchev–Trinajstić information content (AvgIpc) is 3.31. The topological polar surface area (TPSA) is 50.2 Å². The summed E-state index contributed by atoms with van der Waals surface area (Å²) in [6.45, 7) is 6.50. The maximum absolute atomic E-state index is 12.5. The van der Waals surface area contributed by atoms with Gasteiger partial charge in [0.1, 0.15) is 0 Å². The second-order valence-electron chi connectivity index (χ2n) is 7.35. The van der Waals surface area contributed by atoms with Crippen LogP contribution in [0, 0.1) is 12.8 Å². The molecule has 27 heavy (non-hydrogen) atoms. The standard InChI is InChI=1S/C22H24N4O/c1-16-11-12-25(14-16)20-9-5-19(6-10-20)24-22(27)18-3-7-21(8-4-18)26-15-17(2)13-23-26/h3-10,13,15-16H,11-12,14H2,1-2H3,(H,24,27). The molecular formula is C22H24N4O. The minimum absolute atomic E-state index is 0.110. The fourth-order valence-electron chi connectivity index (χ4n) is 3.45. The van der Waals surface area contributed by atoms with Gasteiger partial charge in [-0.3, -0.25) is 4.79 Å². The lowest BCUT2D eigenvalue weighted by molar-refractivity contribution is 0.102. The highest BCUT2D eigenvalue weighted by molar-refractivity contribution is 6.04. The summed E-state index contributed by atoms with van der Waals surface area (Å²) in [5, 5.41) is 7.25. The van der Waals surface area contributed by atoms with Gasteiger partial charge in [-0.1, -0.05) is 6.92 Å². The molecule has 5 nitrogen and oxygen atoms in total. The van der Waals surface area contributed by atoms with Crippen molar-refractivity contribution in [3.05, 3.63) is 72.1 Å². The van der Waals surface area contributed by atoms with Crippen LogP contribution in [0.3, 0.4) is 0 Å². The van der Waals surface area contributed by atoms with E-state index < -0.39 is 0 Å². The number of anilines is 2. The maximum Gasteiger partial charge on any atom is 0.255 e. The first-order valence-corrected chi connectivity index (χ1v) is 9.36. The van der Waals surface area contributed by atoms with E-state index in [9.17, 15) is 4.79 Å². The van der Waals surface area contributed by atoms with E-state index in [1.165, 1.54) is 12.1 Å². The van der Waals surface area contributed by atoms with Crippen LogP contribution in [0.25, 0.3) is 5.69 Å². The summed E-state index contributed by atoms with van der Waals surface area (Å²) in [7, 11) is 0. The van der Waals surface area contributed by atoms with Crippen molar-refractivity contribution in [2.45, 2.75) is 20.3 Å². The van der Waals surface area contributed by atoms with Gasteiger partial charge in [0.2, 0.25) is 0 Å². The number of nitrogens with one attached hydrogen (secondary N) is 1. The van der Waals surface area contributed by atoms with E-state index in [-0.39, 0.29) is 5.91 Å². The monoisotopic (exact) mass is 360 g/mol. The summed E-state index contributed by atoms with van der Waals surface area (Å²) < 4.78 is 1.80. The third-order valence-electron chi connectivity index (χ3n) is 5.02. The Balaban J connectivity index is 1.41. The number of aromatic nitrogens is 2. The van der Waals surface area contributed by atoms with E-state index in [2.05, 4.69) is 34.4 Å². The van der Waals surface area contributed by atoms with Crippen molar-refractivity contribution >= 4 is 17.3 Å². The van der Waals surface area contributed by atoms with Gasteiger partial charge in [0.15, 0.2) is 0 Å². The first kappa shape index (κ1) is 17.3. The fraction of sp³-hybridized carbons (Fsp3) is 0.273. The molecule has 0 spiro atoms. The second-order valence-corrected chi connectivity index (χ2v) is 7.35. The van der Waals surface area contributed by atoms with Gasteiger partial charge in [-0.05, 0) is 73.4 Å². The van der Waals surface area contributed by atoms with E-state index in [1.807, 2.05) is 55.7 Å². The molecule has 2 heterocycles. The molecule has 0 radical (unpaired) electrons. The number of carbonyl (C=O) groups excluding carboxylic acids is 1. The van der Waals surface area contributed by atoms with Crippen LogP contribution in [0.5, 0.6) is 0 Å². The first-order valence-electron chi connectivity index (χ1n) is 9.36. The van der Waals surface area contributed by atoms with Crippen LogP contribution in [-0.2, 0) is 0 Å². The summed E-state index contributed by atoms with van der Waals surface area (Å²) in [4.78, 5) is 14.9. The number of rotatable bonds is 4. The van der Waals surface area contributed by atoms with Crippen LogP contribution in [0.2, 0.25) is 0 Å². The van der Waals surface area contributed by atoms with Gasteiger partial charge in [0.25, 0.3) is 5.91 Å². The molecule has 0 saturated carbocycles. The Kier molecular flexibility index (Phi) is 4.67. The molecule has 3 aromatic rings. The zero-order chi connectivity index (χ0) is 18.8. The van der Waals surface area contributed by atoms with Gasteiger partial charge in [-0.25, -0.2) is 4.68 Å². The molecule has 1 aromatic heterocycles. The third-order valence-corrected chi connectivity index (χ3v) is 5.02. The summed E-state index contributed by atoms with van der Waals surface area (Å²) in [5.74, 6) is 0.638. The number of carbonyl (C=O) groups is 1. The summed E-state index contributed by atoms with van der Waals surface area (Å²) in [6, 6.07) is 15.5. The van der Waals surface area contributed by atoms with Gasteiger partial charge in [-0.15, -0.1) is 0 Å². The molecule has 4 rings (SSSR count). The molecule has 0 bridgehead atoms. The van der Waals surface area contributed by atoms with Crippen molar-refractivity contribution in [2.24, 2.45) is 5.92 Å². The van der Waals surface area contributed by atoms with Crippen molar-refractivity contribution in [3.8, 4) is 5.69 Å². The lowest BCUT2D eigenvalue weighted by Crippen LogP contribution is -2.19. The number of hydrogen-bond donors (Lipinski definition) is 1. The minimum Gasteiger partial charge on any atom is -0.371 e. The predicted molar refractivity (Wildman–Crippen MR) is 109 cm³/mol. The van der Waals surface area contributed by atoms with Gasteiger partial charge in [-0.2, -0.15) is 5.10 Å². The molecular weight excluding hydrogens is 336 g/mol. The Morgan fingerprint density at radius 3 is 2.37 bits per heavy atom. The van der Waals surface area contributed by atoms with Crippen LogP contribution < -0.4 is 10.2 Å². The smallest absolute Gasteiger partial charge is 0.255 e. The molecule has 1 amide bonds. The van der Waals surface area contributed by atoms with Gasteiger partial charge in [0.05, 0.1) is 11.9 Å². The van der Waals surface area contributed by atoms with E-state index >= 15 is 0 Å². The Bertz CT molecular complexity index is 928. The van der Waals surface area contributed by atoms with E-state index in [1.54, 1.807) is 4.68 Å². The summed E-state index contributed by atoms with van der Waals surface area (Å²) in [5.41, 5.74) is 4.69. The number of hydrogen-bond acceptors (Lipinski definition) is 3. The number of amides is 1. The molecule has 1 aliphatic heterocycles. The number of benzene rings is 2. The average molecular weight is 360 g/mol. The first-order chi connectivity index (χ1) is 13.1. The SMILES string of the molecule is Cc1cnn(-c2ccc(C(=O)Nc3ccc(N4CCC(C)C4)cc3)cc2)c1. The molecule has 1 saturated heterocycles. The van der Waals surface area contributed by atoms with E-state index in [4.69, 9.17) is 0 Å². The zero-order valence-electron chi connectivity index (χ0n) is 15.7.